The smallest absolute Gasteiger partial charge is 0.321 e. The molecule has 1 saturated carbocycles. The van der Waals surface area contributed by atoms with Crippen LogP contribution in [0.25, 0.3) is 18.2 Å². The summed E-state index contributed by atoms with van der Waals surface area (Å²) in [6.45, 7) is 23.5. The number of ether oxygens (including phenoxy) is 2. The topological polar surface area (TPSA) is 143 Å². The number of aromatic amines is 1. The molecule has 10 heteroatoms. The Morgan fingerprint density at radius 3 is 2.20 bits per heavy atom. The van der Waals surface area contributed by atoms with Gasteiger partial charge in [-0.25, -0.2) is 15.0 Å². The number of nitrogens with zero attached hydrogens (tertiary/aromatic N) is 3. The first-order valence-corrected chi connectivity index (χ1v) is 23.8. The number of Topliss-reactive ketones (excluding diaryl/α,β-unsaturated/α-hetero) is 1. The first kappa shape index (κ1) is 48.8. The second kappa shape index (κ2) is 21.6. The van der Waals surface area contributed by atoms with Gasteiger partial charge in [-0.05, 0) is 123 Å². The van der Waals surface area contributed by atoms with Crippen molar-refractivity contribution in [3.05, 3.63) is 108 Å². The predicted molar refractivity (Wildman–Crippen MR) is 264 cm³/mol. The fourth-order valence-corrected chi connectivity index (χ4v) is 9.74. The van der Waals surface area contributed by atoms with Crippen molar-refractivity contribution in [2.45, 2.75) is 139 Å². The molecule has 5 heterocycles. The molecule has 0 amide bonds. The number of aliphatic imine (C=N–C) groups is 3. The third-order valence-corrected chi connectivity index (χ3v) is 13.8. The molecule has 0 saturated heterocycles. The van der Waals surface area contributed by atoms with Gasteiger partial charge in [0.15, 0.2) is 5.78 Å². The molecule has 0 unspecified atom stereocenters. The summed E-state index contributed by atoms with van der Waals surface area (Å²) in [5, 5.41) is 12.0. The van der Waals surface area contributed by atoms with Gasteiger partial charge in [0.1, 0.15) is 12.5 Å². The average Bonchev–Trinajstić information content (AvgIpc) is 4.02. The Bertz CT molecular complexity index is 2570. The van der Waals surface area contributed by atoms with E-state index in [0.717, 1.165) is 69.5 Å². The summed E-state index contributed by atoms with van der Waals surface area (Å²) in [6, 6.07) is 0. The summed E-state index contributed by atoms with van der Waals surface area (Å²) in [4.78, 5) is 60.0. The monoisotopic (exact) mass is 883 g/mol. The molecule has 1 fully saturated rings. The van der Waals surface area contributed by atoms with E-state index in [-0.39, 0.29) is 25.4 Å². The van der Waals surface area contributed by atoms with E-state index in [1.807, 2.05) is 52.0 Å². The van der Waals surface area contributed by atoms with E-state index < -0.39 is 17.7 Å². The van der Waals surface area contributed by atoms with Crippen LogP contribution in [0.1, 0.15) is 144 Å². The summed E-state index contributed by atoms with van der Waals surface area (Å²) in [5.41, 5.74) is 10.4. The van der Waals surface area contributed by atoms with Crippen LogP contribution in [0.5, 0.6) is 0 Å². The van der Waals surface area contributed by atoms with Crippen LogP contribution in [0.3, 0.4) is 0 Å². The quantitative estimate of drug-likeness (QED) is 0.0578. The molecule has 0 spiro atoms. The lowest BCUT2D eigenvalue weighted by Crippen LogP contribution is -2.23. The molecule has 0 aromatic carbocycles. The van der Waals surface area contributed by atoms with Crippen molar-refractivity contribution < 1.29 is 29.0 Å². The molecule has 1 aromatic rings. The number of aliphatic hydroxyl groups excluding tert-OH is 1. The van der Waals surface area contributed by atoms with Gasteiger partial charge in [0, 0.05) is 39.4 Å². The lowest BCUT2D eigenvalue weighted by Gasteiger charge is -2.15. The number of H-pyrrole nitrogens is 1. The molecule has 3 atom stereocenters. The van der Waals surface area contributed by atoms with Gasteiger partial charge in [-0.1, -0.05) is 97.8 Å². The van der Waals surface area contributed by atoms with E-state index in [2.05, 4.69) is 46.2 Å². The number of aliphatic hydroxyl groups is 1. The highest BCUT2D eigenvalue weighted by molar-refractivity contribution is 6.43. The number of hydrogen-bond donors (Lipinski definition) is 2. The third-order valence-electron chi connectivity index (χ3n) is 13.8. The van der Waals surface area contributed by atoms with Crippen molar-refractivity contribution in [2.24, 2.45) is 38.6 Å². The number of hydrogen-bond acceptors (Lipinski definition) is 9. The van der Waals surface area contributed by atoms with Gasteiger partial charge in [-0.15, -0.1) is 0 Å². The maximum atomic E-state index is 14.4. The maximum absolute atomic E-state index is 14.4. The Kier molecular flexibility index (Phi) is 16.2. The molecule has 346 valence electrons. The molecule has 65 heavy (non-hydrogen) atoms. The highest BCUT2D eigenvalue weighted by Gasteiger charge is 2.50. The number of carbonyl (C=O) groups excluding carboxylic acids is 3. The van der Waals surface area contributed by atoms with Crippen LogP contribution in [-0.2, 0) is 23.9 Å². The van der Waals surface area contributed by atoms with Gasteiger partial charge in [0.25, 0.3) is 0 Å². The standard InChI is InChI=1S/C55H70N4O6/c1-12-38-35(8)42-27-43-36(9)40(23-24-48(61)65-26-25-34(7)22-16-21-33(6)20-15-19-32(5)18-14-17-31(3)4)52(58-43)50-51(55(63)64-11)54(62)49-37(10)44(59-53(49)50)28-46-39(13-2)41(30-60)47(57-46)29-45(38)56-42/h12,25,27-33,51,56,60H,1,13-24,26H2,2-11H3/b34-25+,41-30-,42-27?,44-28?,45-29?,52-50?/t32-,33-,51-/m1/s1. The first-order valence-electron chi connectivity index (χ1n) is 23.8. The summed E-state index contributed by atoms with van der Waals surface area (Å²) < 4.78 is 11.0. The van der Waals surface area contributed by atoms with Crippen molar-refractivity contribution in [2.75, 3.05) is 13.7 Å². The number of fused-ring (bicyclic) bond motifs is 5. The van der Waals surface area contributed by atoms with Crippen LogP contribution in [0, 0.1) is 30.6 Å². The predicted octanol–water partition coefficient (Wildman–Crippen LogP) is 10.9. The lowest BCUT2D eigenvalue weighted by atomic mass is 9.91. The van der Waals surface area contributed by atoms with Gasteiger partial charge in [0.05, 0.1) is 47.6 Å². The number of nitrogens with one attached hydrogen (secondary N) is 1. The van der Waals surface area contributed by atoms with Crippen LogP contribution >= 0.6 is 0 Å². The number of carbonyl (C=O) groups is 3. The zero-order valence-corrected chi connectivity index (χ0v) is 40.5. The Morgan fingerprint density at radius 1 is 0.877 bits per heavy atom. The second-order valence-electron chi connectivity index (χ2n) is 19.0. The van der Waals surface area contributed by atoms with E-state index in [0.29, 0.717) is 68.9 Å². The summed E-state index contributed by atoms with van der Waals surface area (Å²) >= 11 is 0. The average molecular weight is 883 g/mol. The van der Waals surface area contributed by atoms with Crippen molar-refractivity contribution in [3.8, 4) is 0 Å². The highest BCUT2D eigenvalue weighted by Crippen LogP contribution is 2.46. The molecule has 0 radical (unpaired) electrons. The molecular formula is C55H70N4O6. The SMILES string of the molecule is C=Cc1c(C)c2[nH]c1=CC1=NC(=C(CC)/C1=C/O)C=C1N=C3C(=C1C)C(=O)[C@H](C(=O)OC)C3=C1N=C(C=2)C(C)=C1CCC(=O)OC/C=C(\C)CCC[C@H](C)CCC[C@H](C)CCCC(C)C. The van der Waals surface area contributed by atoms with Crippen LogP contribution in [0.2, 0.25) is 0 Å². The number of allylic oxidation sites excluding steroid dienone is 8. The summed E-state index contributed by atoms with van der Waals surface area (Å²) in [6.07, 6.45) is 22.6. The molecule has 2 N–H and O–H groups in total. The molecule has 4 aliphatic heterocycles. The van der Waals surface area contributed by atoms with Crippen molar-refractivity contribution in [1.29, 1.82) is 0 Å². The Hall–Kier alpha value is -5.64. The van der Waals surface area contributed by atoms with E-state index >= 15 is 0 Å². The third kappa shape index (κ3) is 10.7. The second-order valence-corrected chi connectivity index (χ2v) is 19.0. The fourth-order valence-electron chi connectivity index (χ4n) is 9.74. The zero-order valence-electron chi connectivity index (χ0n) is 40.5. The molecule has 10 nitrogen and oxygen atoms in total. The Labute approximate surface area is 386 Å². The molecule has 6 rings (SSSR count). The normalized spacial score (nSPS) is 19.7. The van der Waals surface area contributed by atoms with Gasteiger partial charge < -0.3 is 19.6 Å². The number of esters is 2. The first-order chi connectivity index (χ1) is 31.1. The minimum Gasteiger partial charge on any atom is -0.515 e. The van der Waals surface area contributed by atoms with Crippen LogP contribution in [-0.4, -0.2) is 58.7 Å². The van der Waals surface area contributed by atoms with Crippen molar-refractivity contribution in [1.82, 2.24) is 4.98 Å². The highest BCUT2D eigenvalue weighted by atomic mass is 16.5. The van der Waals surface area contributed by atoms with E-state index in [1.54, 1.807) is 6.08 Å². The summed E-state index contributed by atoms with van der Waals surface area (Å²) in [7, 11) is 1.27. The van der Waals surface area contributed by atoms with Crippen LogP contribution in [0.15, 0.2) is 102 Å². The minimum atomic E-state index is -1.28. The largest absolute Gasteiger partial charge is 0.515 e. The van der Waals surface area contributed by atoms with Crippen LogP contribution in [0.4, 0.5) is 0 Å². The molecule has 5 aliphatic rings. The summed E-state index contributed by atoms with van der Waals surface area (Å²) in [5.74, 6) is -0.452. The number of ketones is 1. The Morgan fingerprint density at radius 2 is 1.55 bits per heavy atom. The fraction of sp³-hybridized carbons (Fsp3) is 0.491. The van der Waals surface area contributed by atoms with Gasteiger partial charge >= 0.3 is 11.9 Å². The van der Waals surface area contributed by atoms with Gasteiger partial charge in [-0.2, -0.15) is 0 Å². The number of methoxy groups -OCH3 is 1. The van der Waals surface area contributed by atoms with E-state index in [9.17, 15) is 19.5 Å². The Balaban J connectivity index is 1.24. The van der Waals surface area contributed by atoms with E-state index in [1.165, 1.54) is 57.6 Å². The van der Waals surface area contributed by atoms with Crippen molar-refractivity contribution >= 4 is 53.1 Å². The molecule has 1 aliphatic carbocycles. The zero-order chi connectivity index (χ0) is 47.1. The maximum Gasteiger partial charge on any atom is 0.321 e. The minimum absolute atomic E-state index is 0.0687. The lowest BCUT2D eigenvalue weighted by molar-refractivity contribution is -0.146. The molecule has 1 aromatic heterocycles. The number of rotatable bonds is 20. The molecular weight excluding hydrogens is 813 g/mol. The van der Waals surface area contributed by atoms with Gasteiger partial charge in [0.2, 0.25) is 0 Å². The van der Waals surface area contributed by atoms with Crippen molar-refractivity contribution in [3.63, 3.8) is 0 Å². The van der Waals surface area contributed by atoms with Gasteiger partial charge in [-0.3, -0.25) is 14.4 Å². The van der Waals surface area contributed by atoms with E-state index in [4.69, 9.17) is 24.5 Å². The number of aromatic nitrogens is 1. The molecule has 8 bridgehead atoms. The van der Waals surface area contributed by atoms with Crippen LogP contribution < -0.4 is 10.7 Å².